The van der Waals surface area contributed by atoms with Gasteiger partial charge in [-0.2, -0.15) is 0 Å². The van der Waals surface area contributed by atoms with Crippen LogP contribution in [0.15, 0.2) is 39.8 Å². The molecule has 0 spiro atoms. The number of halogens is 2. The Labute approximate surface area is 125 Å². The molecule has 0 radical (unpaired) electrons. The summed E-state index contributed by atoms with van der Waals surface area (Å²) in [5.41, 5.74) is 3.60. The van der Waals surface area contributed by atoms with Crippen LogP contribution in [0.2, 0.25) is 0 Å². The van der Waals surface area contributed by atoms with Crippen LogP contribution in [-0.4, -0.2) is 12.8 Å². The SMILES string of the molecule is C=NC1=C(C(CCC)NCl)CCC1C1=CC=C(F)CC1. The molecule has 0 bridgehead atoms. The Balaban J connectivity index is 2.24. The molecule has 0 heterocycles. The Bertz CT molecular complexity index is 465. The van der Waals surface area contributed by atoms with Gasteiger partial charge in [-0.1, -0.05) is 25.0 Å². The zero-order valence-corrected chi connectivity index (χ0v) is 12.7. The third-order valence-electron chi connectivity index (χ3n) is 4.24. The quantitative estimate of drug-likeness (QED) is 0.550. The first-order chi connectivity index (χ1) is 9.71. The number of hydrogen-bond donors (Lipinski definition) is 1. The van der Waals surface area contributed by atoms with E-state index in [1.165, 1.54) is 11.1 Å². The van der Waals surface area contributed by atoms with Crippen LogP contribution >= 0.6 is 11.8 Å². The number of nitrogens with zero attached hydrogens (tertiary/aromatic N) is 1. The van der Waals surface area contributed by atoms with Crippen LogP contribution < -0.4 is 4.84 Å². The summed E-state index contributed by atoms with van der Waals surface area (Å²) in [4.78, 5) is 7.15. The summed E-state index contributed by atoms with van der Waals surface area (Å²) in [7, 11) is 0. The largest absolute Gasteiger partial charge is 0.268 e. The number of allylic oxidation sites excluding steroid dienone is 4. The van der Waals surface area contributed by atoms with Crippen molar-refractivity contribution < 1.29 is 4.39 Å². The molecule has 0 aliphatic heterocycles. The van der Waals surface area contributed by atoms with Crippen molar-refractivity contribution >= 4 is 18.5 Å². The molecule has 2 rings (SSSR count). The number of hydrogen-bond acceptors (Lipinski definition) is 2. The number of rotatable bonds is 6. The summed E-state index contributed by atoms with van der Waals surface area (Å²) in [5.74, 6) is 0.256. The lowest BCUT2D eigenvalue weighted by Gasteiger charge is -2.20. The summed E-state index contributed by atoms with van der Waals surface area (Å²) in [5, 5.41) is 0. The molecule has 0 fully saturated rings. The molecule has 0 aromatic rings. The van der Waals surface area contributed by atoms with Crippen molar-refractivity contribution in [1.29, 1.82) is 0 Å². The van der Waals surface area contributed by atoms with Crippen LogP contribution in [0.25, 0.3) is 0 Å². The van der Waals surface area contributed by atoms with E-state index in [1.54, 1.807) is 6.08 Å². The fourth-order valence-electron chi connectivity index (χ4n) is 3.22. The summed E-state index contributed by atoms with van der Waals surface area (Å²) < 4.78 is 13.1. The standard InChI is InChI=1S/C16H22ClFN2/c1-3-4-15(20-17)14-10-9-13(16(14)19-2)11-5-7-12(18)8-6-11/h5,7,13,15,20H,2-4,6,8-10H2,1H3. The van der Waals surface area contributed by atoms with Gasteiger partial charge >= 0.3 is 0 Å². The second-order valence-electron chi connectivity index (χ2n) is 5.47. The highest BCUT2D eigenvalue weighted by atomic mass is 35.5. The molecule has 0 aromatic heterocycles. The second-order valence-corrected chi connectivity index (χ2v) is 5.68. The third kappa shape index (κ3) is 3.21. The Morgan fingerprint density at radius 2 is 2.25 bits per heavy atom. The topological polar surface area (TPSA) is 24.4 Å². The summed E-state index contributed by atoms with van der Waals surface area (Å²) in [6, 6.07) is 0.170. The van der Waals surface area contributed by atoms with E-state index in [4.69, 9.17) is 11.8 Å². The van der Waals surface area contributed by atoms with Crippen molar-refractivity contribution in [1.82, 2.24) is 4.84 Å². The van der Waals surface area contributed by atoms with E-state index in [0.717, 1.165) is 37.8 Å². The lowest BCUT2D eigenvalue weighted by molar-refractivity contribution is 0.559. The molecular formula is C16H22ClFN2. The van der Waals surface area contributed by atoms with Crippen LogP contribution in [0.3, 0.4) is 0 Å². The predicted molar refractivity (Wildman–Crippen MR) is 83.5 cm³/mol. The van der Waals surface area contributed by atoms with Gasteiger partial charge in [0.1, 0.15) is 5.83 Å². The van der Waals surface area contributed by atoms with Gasteiger partial charge in [0, 0.05) is 24.1 Å². The zero-order chi connectivity index (χ0) is 14.5. The molecule has 0 amide bonds. The van der Waals surface area contributed by atoms with Gasteiger partial charge in [0.15, 0.2) is 0 Å². The van der Waals surface area contributed by atoms with Crippen LogP contribution in [0, 0.1) is 5.92 Å². The molecule has 0 saturated carbocycles. The monoisotopic (exact) mass is 296 g/mol. The maximum absolute atomic E-state index is 13.1. The van der Waals surface area contributed by atoms with Gasteiger partial charge in [-0.3, -0.25) is 4.99 Å². The Kier molecular flexibility index (Phi) is 5.55. The van der Waals surface area contributed by atoms with E-state index in [0.29, 0.717) is 6.42 Å². The molecule has 2 unspecified atom stereocenters. The molecule has 2 aliphatic carbocycles. The van der Waals surface area contributed by atoms with Gasteiger partial charge in [0.25, 0.3) is 0 Å². The first-order valence-electron chi connectivity index (χ1n) is 7.32. The molecule has 4 heteroatoms. The van der Waals surface area contributed by atoms with Crippen LogP contribution in [0.1, 0.15) is 45.4 Å². The smallest absolute Gasteiger partial charge is 0.100 e. The van der Waals surface area contributed by atoms with Gasteiger partial charge in [0.2, 0.25) is 0 Å². The van der Waals surface area contributed by atoms with Crippen molar-refractivity contribution in [2.24, 2.45) is 10.9 Å². The normalized spacial score (nSPS) is 24.4. The zero-order valence-electron chi connectivity index (χ0n) is 12.0. The minimum absolute atomic E-state index is 0.0321. The predicted octanol–water partition coefficient (Wildman–Crippen LogP) is 4.84. The van der Waals surface area contributed by atoms with E-state index in [9.17, 15) is 4.39 Å². The van der Waals surface area contributed by atoms with Crippen LogP contribution in [0.5, 0.6) is 0 Å². The lowest BCUT2D eigenvalue weighted by Crippen LogP contribution is -2.23. The highest BCUT2D eigenvalue weighted by molar-refractivity contribution is 6.13. The third-order valence-corrected chi connectivity index (χ3v) is 4.50. The molecule has 2 nitrogen and oxygen atoms in total. The molecule has 2 aliphatic rings. The van der Waals surface area contributed by atoms with Crippen molar-refractivity contribution in [3.63, 3.8) is 0 Å². The lowest BCUT2D eigenvalue weighted by atomic mass is 9.89. The van der Waals surface area contributed by atoms with Gasteiger partial charge in [0.05, 0.1) is 0 Å². The van der Waals surface area contributed by atoms with E-state index < -0.39 is 0 Å². The molecule has 1 N–H and O–H groups in total. The molecule has 110 valence electrons. The van der Waals surface area contributed by atoms with Crippen molar-refractivity contribution in [2.45, 2.75) is 51.5 Å². The molecular weight excluding hydrogens is 275 g/mol. The average molecular weight is 297 g/mol. The van der Waals surface area contributed by atoms with E-state index >= 15 is 0 Å². The maximum atomic E-state index is 13.1. The minimum Gasteiger partial charge on any atom is -0.268 e. The Hall–Kier alpha value is -0.930. The van der Waals surface area contributed by atoms with Crippen LogP contribution in [-0.2, 0) is 0 Å². The van der Waals surface area contributed by atoms with Gasteiger partial charge < -0.3 is 0 Å². The molecule has 20 heavy (non-hydrogen) atoms. The van der Waals surface area contributed by atoms with E-state index in [2.05, 4.69) is 23.5 Å². The highest BCUT2D eigenvalue weighted by Crippen LogP contribution is 2.42. The molecule has 0 aromatic carbocycles. The first kappa shape index (κ1) is 15.5. The number of nitrogens with one attached hydrogen (secondary N) is 1. The summed E-state index contributed by atoms with van der Waals surface area (Å²) in [6.07, 6.45) is 8.89. The first-order valence-corrected chi connectivity index (χ1v) is 7.70. The Morgan fingerprint density at radius 3 is 2.80 bits per heavy atom. The average Bonchev–Trinajstić information content (AvgIpc) is 2.89. The van der Waals surface area contributed by atoms with Gasteiger partial charge in [-0.25, -0.2) is 9.23 Å². The second kappa shape index (κ2) is 7.19. The van der Waals surface area contributed by atoms with Gasteiger partial charge in [-0.05, 0) is 55.8 Å². The van der Waals surface area contributed by atoms with Gasteiger partial charge in [-0.15, -0.1) is 0 Å². The maximum Gasteiger partial charge on any atom is 0.100 e. The molecule has 0 saturated heterocycles. The van der Waals surface area contributed by atoms with Crippen molar-refractivity contribution in [3.05, 3.63) is 34.8 Å². The minimum atomic E-state index is -0.0321. The fraction of sp³-hybridized carbons (Fsp3) is 0.562. The van der Waals surface area contributed by atoms with Crippen molar-refractivity contribution in [3.8, 4) is 0 Å². The summed E-state index contributed by atoms with van der Waals surface area (Å²) in [6.45, 7) is 5.88. The van der Waals surface area contributed by atoms with Crippen molar-refractivity contribution in [2.75, 3.05) is 0 Å². The number of aliphatic imine (C=N–C) groups is 1. The highest BCUT2D eigenvalue weighted by Gasteiger charge is 2.31. The summed E-state index contributed by atoms with van der Waals surface area (Å²) >= 11 is 5.88. The van der Waals surface area contributed by atoms with E-state index in [1.807, 2.05) is 6.08 Å². The Morgan fingerprint density at radius 1 is 1.45 bits per heavy atom. The van der Waals surface area contributed by atoms with E-state index in [-0.39, 0.29) is 17.8 Å². The van der Waals surface area contributed by atoms with Crippen LogP contribution in [0.4, 0.5) is 4.39 Å². The fourth-order valence-corrected chi connectivity index (χ4v) is 3.46. The molecule has 2 atom stereocenters.